The Bertz CT molecular complexity index is 343. The molecule has 3 nitrogen and oxygen atoms in total. The Balaban J connectivity index is 0.00000289. The molecule has 0 radical (unpaired) electrons. The number of nitrogens with one attached hydrogen (secondary N) is 1. The summed E-state index contributed by atoms with van der Waals surface area (Å²) in [7, 11) is 3.74. The summed E-state index contributed by atoms with van der Waals surface area (Å²) in [4.78, 5) is 13.8. The first-order valence-electron chi connectivity index (χ1n) is 6.08. The van der Waals surface area contributed by atoms with Crippen LogP contribution >= 0.6 is 12.4 Å². The number of nitrogens with zero attached hydrogens (tertiary/aromatic N) is 1. The van der Waals surface area contributed by atoms with Crippen molar-refractivity contribution in [1.29, 1.82) is 0 Å². The van der Waals surface area contributed by atoms with Gasteiger partial charge in [0, 0.05) is 26.1 Å². The van der Waals surface area contributed by atoms with E-state index < -0.39 is 0 Å². The minimum absolute atomic E-state index is 0. The molecule has 0 aliphatic heterocycles. The summed E-state index contributed by atoms with van der Waals surface area (Å²) in [5.41, 5.74) is 1.27. The van der Waals surface area contributed by atoms with E-state index in [2.05, 4.69) is 17.4 Å². The summed E-state index contributed by atoms with van der Waals surface area (Å²) in [6, 6.07) is 10.2. The third-order valence-corrected chi connectivity index (χ3v) is 2.89. The van der Waals surface area contributed by atoms with Crippen LogP contribution in [0.4, 0.5) is 0 Å². The van der Waals surface area contributed by atoms with Gasteiger partial charge < -0.3 is 10.2 Å². The Kier molecular flexibility index (Phi) is 8.42. The fraction of sp³-hybridized carbons (Fsp3) is 0.500. The lowest BCUT2D eigenvalue weighted by Gasteiger charge is -2.21. The quantitative estimate of drug-likeness (QED) is 0.857. The summed E-state index contributed by atoms with van der Waals surface area (Å²) in [6.45, 7) is 3.46. The maximum Gasteiger partial charge on any atom is 0.226 e. The molecule has 18 heavy (non-hydrogen) atoms. The van der Waals surface area contributed by atoms with Crippen molar-refractivity contribution in [3.63, 3.8) is 0 Å². The van der Waals surface area contributed by atoms with Gasteiger partial charge in [-0.05, 0) is 19.0 Å². The highest BCUT2D eigenvalue weighted by molar-refractivity contribution is 5.85. The Morgan fingerprint density at radius 2 is 1.94 bits per heavy atom. The third-order valence-electron chi connectivity index (χ3n) is 2.89. The second kappa shape index (κ2) is 8.95. The Labute approximate surface area is 116 Å². The molecule has 102 valence electrons. The Hall–Kier alpha value is -1.06. The number of benzene rings is 1. The smallest absolute Gasteiger partial charge is 0.226 e. The van der Waals surface area contributed by atoms with Gasteiger partial charge in [-0.1, -0.05) is 37.3 Å². The number of hydrogen-bond donors (Lipinski definition) is 1. The second-order valence-electron chi connectivity index (χ2n) is 4.45. The van der Waals surface area contributed by atoms with E-state index in [1.54, 1.807) is 0 Å². The highest BCUT2D eigenvalue weighted by Crippen LogP contribution is 2.03. The van der Waals surface area contributed by atoms with E-state index in [4.69, 9.17) is 0 Å². The molecule has 4 heteroatoms. The topological polar surface area (TPSA) is 32.3 Å². The zero-order valence-corrected chi connectivity index (χ0v) is 12.2. The molecule has 1 unspecified atom stereocenters. The minimum Gasteiger partial charge on any atom is -0.345 e. The average Bonchev–Trinajstić information content (AvgIpc) is 2.36. The lowest BCUT2D eigenvalue weighted by atomic mass is 10.1. The van der Waals surface area contributed by atoms with Crippen LogP contribution in [0.1, 0.15) is 12.5 Å². The van der Waals surface area contributed by atoms with Gasteiger partial charge in [0.05, 0.1) is 0 Å². The zero-order valence-electron chi connectivity index (χ0n) is 11.3. The van der Waals surface area contributed by atoms with E-state index in [0.29, 0.717) is 0 Å². The van der Waals surface area contributed by atoms with Gasteiger partial charge in [-0.2, -0.15) is 0 Å². The largest absolute Gasteiger partial charge is 0.345 e. The van der Waals surface area contributed by atoms with Gasteiger partial charge in [0.2, 0.25) is 5.91 Å². The average molecular weight is 271 g/mol. The number of halogens is 1. The molecular formula is C14H23ClN2O. The molecular weight excluding hydrogens is 248 g/mol. The van der Waals surface area contributed by atoms with Crippen molar-refractivity contribution in [3.05, 3.63) is 35.9 Å². The van der Waals surface area contributed by atoms with Crippen LogP contribution in [-0.4, -0.2) is 38.0 Å². The molecule has 1 rings (SSSR count). The van der Waals surface area contributed by atoms with Crippen LogP contribution in [0.3, 0.4) is 0 Å². The van der Waals surface area contributed by atoms with Gasteiger partial charge >= 0.3 is 0 Å². The van der Waals surface area contributed by atoms with E-state index in [9.17, 15) is 4.79 Å². The fourth-order valence-electron chi connectivity index (χ4n) is 1.82. The van der Waals surface area contributed by atoms with Gasteiger partial charge in [-0.25, -0.2) is 0 Å². The predicted molar refractivity (Wildman–Crippen MR) is 78.1 cm³/mol. The van der Waals surface area contributed by atoms with E-state index in [-0.39, 0.29) is 24.2 Å². The van der Waals surface area contributed by atoms with E-state index in [0.717, 1.165) is 19.5 Å². The Morgan fingerprint density at radius 3 is 2.50 bits per heavy atom. The van der Waals surface area contributed by atoms with Crippen molar-refractivity contribution in [1.82, 2.24) is 10.2 Å². The number of amides is 1. The van der Waals surface area contributed by atoms with Crippen molar-refractivity contribution in [2.24, 2.45) is 5.92 Å². The summed E-state index contributed by atoms with van der Waals surface area (Å²) < 4.78 is 0. The normalized spacial score (nSPS) is 11.5. The van der Waals surface area contributed by atoms with Crippen LogP contribution < -0.4 is 5.32 Å². The van der Waals surface area contributed by atoms with Gasteiger partial charge in [0.15, 0.2) is 0 Å². The van der Waals surface area contributed by atoms with E-state index in [1.807, 2.05) is 44.1 Å². The number of carbonyl (C=O) groups excluding carboxylic acids is 1. The second-order valence-corrected chi connectivity index (χ2v) is 4.45. The van der Waals surface area contributed by atoms with Crippen LogP contribution in [0, 0.1) is 5.92 Å². The zero-order chi connectivity index (χ0) is 12.7. The van der Waals surface area contributed by atoms with E-state index in [1.165, 1.54) is 5.56 Å². The number of rotatable bonds is 6. The minimum atomic E-state index is 0. The monoisotopic (exact) mass is 270 g/mol. The number of likely N-dealkylation sites (N-methyl/N-ethyl adjacent to an activating group) is 1. The molecule has 0 saturated heterocycles. The van der Waals surface area contributed by atoms with Gasteiger partial charge in [0.1, 0.15) is 0 Å². The lowest BCUT2D eigenvalue weighted by Crippen LogP contribution is -2.37. The molecule has 1 aromatic carbocycles. The summed E-state index contributed by atoms with van der Waals surface area (Å²) in [5, 5.41) is 3.03. The molecule has 0 heterocycles. The Morgan fingerprint density at radius 1 is 1.33 bits per heavy atom. The lowest BCUT2D eigenvalue weighted by molar-refractivity contribution is -0.133. The van der Waals surface area contributed by atoms with Crippen LogP contribution in [0.25, 0.3) is 0 Å². The first-order valence-corrected chi connectivity index (χ1v) is 6.08. The molecule has 0 aliphatic rings. The van der Waals surface area contributed by atoms with Crippen LogP contribution in [0.2, 0.25) is 0 Å². The summed E-state index contributed by atoms with van der Waals surface area (Å²) in [5.74, 6) is 0.246. The van der Waals surface area contributed by atoms with Crippen molar-refractivity contribution in [2.75, 3.05) is 27.2 Å². The molecule has 0 bridgehead atoms. The van der Waals surface area contributed by atoms with Crippen LogP contribution in [0.5, 0.6) is 0 Å². The molecule has 1 N–H and O–H groups in total. The van der Waals surface area contributed by atoms with Crippen molar-refractivity contribution in [3.8, 4) is 0 Å². The third kappa shape index (κ3) is 5.52. The maximum atomic E-state index is 11.9. The highest BCUT2D eigenvalue weighted by Gasteiger charge is 2.16. The predicted octanol–water partition coefficient (Wildman–Crippen LogP) is 1.96. The first-order chi connectivity index (χ1) is 8.15. The highest BCUT2D eigenvalue weighted by atomic mass is 35.5. The fourth-order valence-corrected chi connectivity index (χ4v) is 1.82. The molecule has 1 atom stereocenters. The molecule has 0 aromatic heterocycles. The first kappa shape index (κ1) is 16.9. The molecule has 1 amide bonds. The van der Waals surface area contributed by atoms with E-state index >= 15 is 0 Å². The summed E-state index contributed by atoms with van der Waals surface area (Å²) in [6.07, 6.45) is 0.912. The van der Waals surface area contributed by atoms with Crippen LogP contribution in [0.15, 0.2) is 30.3 Å². The van der Waals surface area contributed by atoms with Gasteiger partial charge in [-0.15, -0.1) is 12.4 Å². The molecule has 0 fully saturated rings. The molecule has 0 aliphatic carbocycles. The van der Waals surface area contributed by atoms with Crippen LogP contribution in [-0.2, 0) is 11.2 Å². The number of carbonyl (C=O) groups is 1. The number of hydrogen-bond acceptors (Lipinski definition) is 2. The van der Waals surface area contributed by atoms with Gasteiger partial charge in [0.25, 0.3) is 0 Å². The SMILES string of the molecule is CNCC(C)C(=O)N(C)CCc1ccccc1.Cl. The van der Waals surface area contributed by atoms with Crippen molar-refractivity contribution >= 4 is 18.3 Å². The maximum absolute atomic E-state index is 11.9. The molecule has 1 aromatic rings. The molecule has 0 saturated carbocycles. The van der Waals surface area contributed by atoms with Gasteiger partial charge in [-0.3, -0.25) is 4.79 Å². The standard InChI is InChI=1S/C14H22N2O.ClH/c1-12(11-15-2)14(17)16(3)10-9-13-7-5-4-6-8-13;/h4-8,12,15H,9-11H2,1-3H3;1H. The van der Waals surface area contributed by atoms with Crippen molar-refractivity contribution in [2.45, 2.75) is 13.3 Å². The molecule has 0 spiro atoms. The van der Waals surface area contributed by atoms with Crippen molar-refractivity contribution < 1.29 is 4.79 Å². The summed E-state index contributed by atoms with van der Waals surface area (Å²) >= 11 is 0.